The zero-order valence-corrected chi connectivity index (χ0v) is 17.0. The third-order valence-corrected chi connectivity index (χ3v) is 6.30. The van der Waals surface area contributed by atoms with Gasteiger partial charge in [0.25, 0.3) is 0 Å². The zero-order chi connectivity index (χ0) is 20.0. The van der Waals surface area contributed by atoms with E-state index in [1.807, 2.05) is 42.5 Å². The first-order chi connectivity index (χ1) is 14.0. The fourth-order valence-corrected chi connectivity index (χ4v) is 4.29. The predicted octanol–water partition coefficient (Wildman–Crippen LogP) is 5.89. The van der Waals surface area contributed by atoms with Crippen molar-refractivity contribution >= 4 is 17.4 Å². The Kier molecular flexibility index (Phi) is 4.36. The van der Waals surface area contributed by atoms with Gasteiger partial charge < -0.3 is 9.47 Å². The molecule has 0 unspecified atom stereocenters. The average Bonchev–Trinajstić information content (AvgIpc) is 3.40. The topological polar surface area (TPSA) is 35.5 Å². The highest BCUT2D eigenvalue weighted by molar-refractivity contribution is 6.30. The van der Waals surface area contributed by atoms with Crippen molar-refractivity contribution in [3.05, 3.63) is 82.4 Å². The van der Waals surface area contributed by atoms with Gasteiger partial charge in [-0.15, -0.1) is 0 Å². The molecule has 0 bridgehead atoms. The van der Waals surface area contributed by atoms with Crippen LogP contribution in [0.2, 0.25) is 5.02 Å². The molecule has 3 aromatic rings. The van der Waals surface area contributed by atoms with Gasteiger partial charge in [-0.2, -0.15) is 0 Å². The first kappa shape index (κ1) is 18.3. The summed E-state index contributed by atoms with van der Waals surface area (Å²) in [4.78, 5) is 13.4. The number of hydrogen-bond donors (Lipinski definition) is 0. The summed E-state index contributed by atoms with van der Waals surface area (Å²) in [7, 11) is 0. The lowest BCUT2D eigenvalue weighted by Crippen LogP contribution is -2.22. The molecule has 0 N–H and O–H groups in total. The Balaban J connectivity index is 1.43. The molecule has 0 aromatic heterocycles. The largest absolute Gasteiger partial charge is 0.454 e. The monoisotopic (exact) mass is 404 g/mol. The molecule has 146 valence electrons. The summed E-state index contributed by atoms with van der Waals surface area (Å²) >= 11 is 6.15. The van der Waals surface area contributed by atoms with Crippen LogP contribution in [0.25, 0.3) is 11.1 Å². The number of ether oxygens (including phenoxy) is 2. The van der Waals surface area contributed by atoms with Crippen molar-refractivity contribution in [3.8, 4) is 22.6 Å². The van der Waals surface area contributed by atoms with E-state index in [2.05, 4.69) is 25.1 Å². The molecule has 1 saturated carbocycles. The summed E-state index contributed by atoms with van der Waals surface area (Å²) in [6.07, 6.45) is 2.20. The normalized spacial score (nSPS) is 15.9. The summed E-state index contributed by atoms with van der Waals surface area (Å²) in [5.74, 6) is 1.76. The lowest BCUT2D eigenvalue weighted by molar-refractivity contribution is -0.120. The molecular weight excluding hydrogens is 384 g/mol. The van der Waals surface area contributed by atoms with E-state index in [1.165, 1.54) is 0 Å². The Bertz CT molecular complexity index is 1110. The van der Waals surface area contributed by atoms with Gasteiger partial charge in [0, 0.05) is 11.4 Å². The molecule has 0 atom stereocenters. The lowest BCUT2D eigenvalue weighted by Gasteiger charge is -2.17. The first-order valence-corrected chi connectivity index (χ1v) is 10.2. The number of carbonyl (C=O) groups excluding carboxylic acids is 1. The third kappa shape index (κ3) is 3.30. The minimum atomic E-state index is -0.389. The Morgan fingerprint density at radius 1 is 0.966 bits per heavy atom. The van der Waals surface area contributed by atoms with Crippen LogP contribution in [-0.2, 0) is 16.6 Å². The molecule has 4 heteroatoms. The van der Waals surface area contributed by atoms with Crippen LogP contribution in [0.15, 0.2) is 60.7 Å². The molecule has 3 nitrogen and oxygen atoms in total. The molecule has 29 heavy (non-hydrogen) atoms. The Labute approximate surface area is 175 Å². The van der Waals surface area contributed by atoms with Crippen LogP contribution in [-0.4, -0.2) is 12.6 Å². The summed E-state index contributed by atoms with van der Waals surface area (Å²) in [6, 6.07) is 20.0. The third-order valence-electron chi connectivity index (χ3n) is 6.07. The molecule has 0 amide bonds. The minimum absolute atomic E-state index is 0.245. The van der Waals surface area contributed by atoms with Gasteiger partial charge in [-0.25, -0.2) is 0 Å². The van der Waals surface area contributed by atoms with E-state index in [0.29, 0.717) is 11.4 Å². The molecule has 1 aliphatic carbocycles. The number of ketones is 1. The molecule has 0 saturated heterocycles. The van der Waals surface area contributed by atoms with Gasteiger partial charge in [0.05, 0.1) is 5.41 Å². The number of benzene rings is 3. The van der Waals surface area contributed by atoms with Gasteiger partial charge in [0.1, 0.15) is 5.78 Å². The number of carbonyl (C=O) groups is 1. The van der Waals surface area contributed by atoms with Crippen molar-refractivity contribution in [1.29, 1.82) is 0 Å². The molecule has 0 radical (unpaired) electrons. The van der Waals surface area contributed by atoms with Gasteiger partial charge >= 0.3 is 0 Å². The number of halogens is 1. The summed E-state index contributed by atoms with van der Waals surface area (Å²) in [6.45, 7) is 2.31. The molecule has 1 heterocycles. The van der Waals surface area contributed by atoms with E-state index in [1.54, 1.807) is 0 Å². The maximum atomic E-state index is 13.4. The van der Waals surface area contributed by atoms with E-state index >= 15 is 0 Å². The highest BCUT2D eigenvalue weighted by Gasteiger charge is 2.50. The number of hydrogen-bond acceptors (Lipinski definition) is 3. The van der Waals surface area contributed by atoms with Crippen molar-refractivity contribution in [1.82, 2.24) is 0 Å². The number of aryl methyl sites for hydroxylation is 1. The van der Waals surface area contributed by atoms with Crippen LogP contribution < -0.4 is 9.47 Å². The fourth-order valence-electron chi connectivity index (χ4n) is 4.10. The van der Waals surface area contributed by atoms with Crippen molar-refractivity contribution in [2.45, 2.75) is 31.6 Å². The van der Waals surface area contributed by atoms with Crippen LogP contribution in [0.1, 0.15) is 29.5 Å². The fraction of sp³-hybridized carbons (Fsp3) is 0.240. The van der Waals surface area contributed by atoms with E-state index < -0.39 is 0 Å². The van der Waals surface area contributed by atoms with E-state index in [9.17, 15) is 4.79 Å². The second kappa shape index (κ2) is 6.93. The lowest BCUT2D eigenvalue weighted by atomic mass is 9.86. The van der Waals surface area contributed by atoms with Gasteiger partial charge in [0.15, 0.2) is 11.5 Å². The second-order valence-corrected chi connectivity index (χ2v) is 8.34. The molecule has 1 fully saturated rings. The standard InChI is InChI=1S/C25H21ClO3/c1-16-5-6-18(17-3-2-4-21(26)12-17)11-19(16)13-24(27)25(9-10-25)20-7-8-22-23(14-20)29-15-28-22/h2-8,11-12,14H,9-10,13,15H2,1H3. The summed E-state index contributed by atoms with van der Waals surface area (Å²) < 4.78 is 10.9. The summed E-state index contributed by atoms with van der Waals surface area (Å²) in [5.41, 5.74) is 4.98. The maximum Gasteiger partial charge on any atom is 0.231 e. The number of fused-ring (bicyclic) bond motifs is 1. The Morgan fingerprint density at radius 2 is 1.76 bits per heavy atom. The van der Waals surface area contributed by atoms with Gasteiger partial charge in [0.2, 0.25) is 6.79 Å². The SMILES string of the molecule is Cc1ccc(-c2cccc(Cl)c2)cc1CC(=O)C1(c2ccc3c(c2)OCO3)CC1. The van der Waals surface area contributed by atoms with Crippen molar-refractivity contribution in [2.75, 3.05) is 6.79 Å². The number of rotatable bonds is 5. The maximum absolute atomic E-state index is 13.4. The Morgan fingerprint density at radius 3 is 2.55 bits per heavy atom. The van der Waals surface area contributed by atoms with Gasteiger partial charge in [-0.1, -0.05) is 48.0 Å². The van der Waals surface area contributed by atoms with Gasteiger partial charge in [-0.05, 0) is 71.8 Å². The molecule has 2 aliphatic rings. The van der Waals surface area contributed by atoms with E-state index in [0.717, 1.165) is 52.2 Å². The molecule has 5 rings (SSSR count). The molecule has 0 spiro atoms. The Hall–Kier alpha value is -2.78. The summed E-state index contributed by atoms with van der Waals surface area (Å²) in [5, 5.41) is 0.709. The van der Waals surface area contributed by atoms with Crippen molar-refractivity contribution in [3.63, 3.8) is 0 Å². The van der Waals surface area contributed by atoms with Crippen molar-refractivity contribution < 1.29 is 14.3 Å². The highest BCUT2D eigenvalue weighted by Crippen LogP contribution is 2.51. The van der Waals surface area contributed by atoms with Crippen LogP contribution in [0.4, 0.5) is 0 Å². The first-order valence-electron chi connectivity index (χ1n) is 9.84. The van der Waals surface area contributed by atoms with E-state index in [-0.39, 0.29) is 18.0 Å². The molecule has 1 aliphatic heterocycles. The second-order valence-electron chi connectivity index (χ2n) is 7.90. The van der Waals surface area contributed by atoms with Crippen LogP contribution in [0.5, 0.6) is 11.5 Å². The zero-order valence-electron chi connectivity index (χ0n) is 16.2. The minimum Gasteiger partial charge on any atom is -0.454 e. The highest BCUT2D eigenvalue weighted by atomic mass is 35.5. The smallest absolute Gasteiger partial charge is 0.231 e. The molecular formula is C25H21ClO3. The van der Waals surface area contributed by atoms with E-state index in [4.69, 9.17) is 21.1 Å². The van der Waals surface area contributed by atoms with Crippen LogP contribution in [0.3, 0.4) is 0 Å². The quantitative estimate of drug-likeness (QED) is 0.532. The number of Topliss-reactive ketones (excluding diaryl/α,β-unsaturated/α-hetero) is 1. The average molecular weight is 405 g/mol. The van der Waals surface area contributed by atoms with Crippen molar-refractivity contribution in [2.24, 2.45) is 0 Å². The predicted molar refractivity (Wildman–Crippen MR) is 114 cm³/mol. The van der Waals surface area contributed by atoms with Crippen LogP contribution in [0, 0.1) is 6.92 Å². The van der Waals surface area contributed by atoms with Gasteiger partial charge in [-0.3, -0.25) is 4.79 Å². The van der Waals surface area contributed by atoms with Crippen LogP contribution >= 0.6 is 11.6 Å². The molecule has 3 aromatic carbocycles.